The summed E-state index contributed by atoms with van der Waals surface area (Å²) in [6, 6.07) is 0. The smallest absolute Gasteiger partial charge is 0.389 e. The zero-order valence-electron chi connectivity index (χ0n) is 7.48. The molecule has 0 heterocycles. The lowest BCUT2D eigenvalue weighted by molar-refractivity contribution is -0.149. The molecule has 1 fully saturated rings. The normalized spacial score (nSPS) is 21.2. The zero-order valence-corrected chi connectivity index (χ0v) is 7.48. The lowest BCUT2D eigenvalue weighted by Gasteiger charge is -2.29. The van der Waals surface area contributed by atoms with Crippen LogP contribution in [-0.4, -0.2) is 17.9 Å². The summed E-state index contributed by atoms with van der Waals surface area (Å²) >= 11 is 0. The second kappa shape index (κ2) is 4.31. The molecule has 4 heteroatoms. The van der Waals surface area contributed by atoms with E-state index in [1.807, 2.05) is 0 Å². The summed E-state index contributed by atoms with van der Waals surface area (Å²) in [6.07, 6.45) is -1.22. The molecule has 0 aromatic heterocycles. The monoisotopic (exact) mass is 196 g/mol. The molecule has 0 amide bonds. The van der Waals surface area contributed by atoms with Gasteiger partial charge < -0.3 is 5.11 Å². The van der Waals surface area contributed by atoms with Gasteiger partial charge >= 0.3 is 6.18 Å². The maximum atomic E-state index is 12.0. The summed E-state index contributed by atoms with van der Waals surface area (Å²) in [5.41, 5.74) is 0. The average Bonchev–Trinajstić information content (AvgIpc) is 1.91. The Morgan fingerprint density at radius 2 is 1.92 bits per heavy atom. The first-order valence-corrected chi connectivity index (χ1v) is 4.69. The van der Waals surface area contributed by atoms with Crippen LogP contribution in [-0.2, 0) is 0 Å². The molecule has 1 rings (SSSR count). The van der Waals surface area contributed by atoms with Crippen molar-refractivity contribution < 1.29 is 18.3 Å². The first kappa shape index (κ1) is 10.8. The van der Waals surface area contributed by atoms with Crippen molar-refractivity contribution in [3.05, 3.63) is 0 Å². The Kier molecular flexibility index (Phi) is 3.59. The molecule has 1 N–H and O–H groups in total. The van der Waals surface area contributed by atoms with Gasteiger partial charge in [-0.1, -0.05) is 19.3 Å². The lowest BCUT2D eigenvalue weighted by Crippen LogP contribution is -2.23. The van der Waals surface area contributed by atoms with Crippen molar-refractivity contribution >= 4 is 0 Å². The number of hydrogen-bond donors (Lipinski definition) is 1. The summed E-state index contributed by atoms with van der Waals surface area (Å²) < 4.78 is 35.9. The molecule has 0 unspecified atom stereocenters. The fourth-order valence-electron chi connectivity index (χ4n) is 1.75. The molecule has 78 valence electrons. The molecule has 1 atom stereocenters. The van der Waals surface area contributed by atoms with Crippen molar-refractivity contribution in [3.8, 4) is 0 Å². The van der Waals surface area contributed by atoms with Gasteiger partial charge in [-0.25, -0.2) is 0 Å². The lowest BCUT2D eigenvalue weighted by atomic mass is 9.78. The number of aliphatic hydroxyl groups is 1. The van der Waals surface area contributed by atoms with E-state index >= 15 is 0 Å². The Labute approximate surface area is 75.9 Å². The van der Waals surface area contributed by atoms with Gasteiger partial charge in [0.2, 0.25) is 0 Å². The highest BCUT2D eigenvalue weighted by molar-refractivity contribution is 4.74. The van der Waals surface area contributed by atoms with Crippen molar-refractivity contribution in [3.63, 3.8) is 0 Å². The van der Waals surface area contributed by atoms with Crippen LogP contribution >= 0.6 is 0 Å². The molecular weight excluding hydrogens is 181 g/mol. The highest BCUT2D eigenvalue weighted by atomic mass is 19.4. The highest BCUT2D eigenvalue weighted by Gasteiger charge is 2.33. The largest absolute Gasteiger partial charge is 0.396 e. The van der Waals surface area contributed by atoms with Gasteiger partial charge in [-0.2, -0.15) is 13.2 Å². The molecule has 1 aliphatic rings. The van der Waals surface area contributed by atoms with Crippen LogP contribution in [0.4, 0.5) is 13.2 Å². The van der Waals surface area contributed by atoms with E-state index in [0.29, 0.717) is 12.3 Å². The molecule has 0 aromatic carbocycles. The molecule has 1 nitrogen and oxygen atoms in total. The minimum Gasteiger partial charge on any atom is -0.396 e. The predicted octanol–water partition coefficient (Wildman–Crippen LogP) is 2.74. The second-order valence-corrected chi connectivity index (χ2v) is 3.90. The highest BCUT2D eigenvalue weighted by Crippen LogP contribution is 2.35. The molecule has 13 heavy (non-hydrogen) atoms. The summed E-state index contributed by atoms with van der Waals surface area (Å²) in [6.45, 7) is -0.337. The van der Waals surface area contributed by atoms with Gasteiger partial charge in [0.05, 0.1) is 0 Å². The van der Waals surface area contributed by atoms with Gasteiger partial charge in [-0.05, 0) is 18.3 Å². The Morgan fingerprint density at radius 1 is 1.31 bits per heavy atom. The van der Waals surface area contributed by atoms with Gasteiger partial charge in [-0.3, -0.25) is 0 Å². The first-order valence-electron chi connectivity index (χ1n) is 4.69. The third-order valence-electron chi connectivity index (χ3n) is 2.67. The summed E-state index contributed by atoms with van der Waals surface area (Å²) in [7, 11) is 0. The SMILES string of the molecule is OC[C@@H](CC1CCC1)CC(F)(F)F. The first-order chi connectivity index (χ1) is 6.01. The van der Waals surface area contributed by atoms with Gasteiger partial charge in [0, 0.05) is 13.0 Å². The molecule has 1 aliphatic carbocycles. The molecular formula is C9H15F3O. The average molecular weight is 196 g/mol. The molecule has 0 radical (unpaired) electrons. The molecule has 1 saturated carbocycles. The van der Waals surface area contributed by atoms with Crippen molar-refractivity contribution in [2.75, 3.05) is 6.61 Å². The standard InChI is InChI=1S/C9H15F3O/c10-9(11,12)5-8(6-13)4-7-2-1-3-7/h7-8,13H,1-6H2/t8-/m0/s1. The van der Waals surface area contributed by atoms with Gasteiger partial charge in [0.15, 0.2) is 0 Å². The molecule has 0 spiro atoms. The van der Waals surface area contributed by atoms with Gasteiger partial charge in [-0.15, -0.1) is 0 Å². The van der Waals surface area contributed by atoms with Crippen LogP contribution in [0, 0.1) is 11.8 Å². The molecule has 0 aliphatic heterocycles. The minimum absolute atomic E-state index is 0.337. The van der Waals surface area contributed by atoms with E-state index in [0.717, 1.165) is 19.3 Å². The molecule has 0 bridgehead atoms. The minimum atomic E-state index is -4.13. The Morgan fingerprint density at radius 3 is 2.23 bits per heavy atom. The summed E-state index contributed by atoms with van der Waals surface area (Å²) in [5, 5.41) is 8.76. The fraction of sp³-hybridized carbons (Fsp3) is 1.00. The van der Waals surface area contributed by atoms with Crippen LogP contribution in [0.3, 0.4) is 0 Å². The van der Waals surface area contributed by atoms with Crippen molar-refractivity contribution in [2.24, 2.45) is 11.8 Å². The van der Waals surface area contributed by atoms with Crippen molar-refractivity contribution in [1.82, 2.24) is 0 Å². The summed E-state index contributed by atoms with van der Waals surface area (Å²) in [5.74, 6) is -0.148. The number of aliphatic hydroxyl groups excluding tert-OH is 1. The van der Waals surface area contributed by atoms with Gasteiger partial charge in [0.25, 0.3) is 0 Å². The third-order valence-corrected chi connectivity index (χ3v) is 2.67. The maximum Gasteiger partial charge on any atom is 0.389 e. The number of rotatable bonds is 4. The maximum absolute atomic E-state index is 12.0. The quantitative estimate of drug-likeness (QED) is 0.733. The second-order valence-electron chi connectivity index (χ2n) is 3.90. The number of alkyl halides is 3. The Hall–Kier alpha value is -0.250. The van der Waals surface area contributed by atoms with E-state index in [-0.39, 0.29) is 6.61 Å². The van der Waals surface area contributed by atoms with E-state index < -0.39 is 18.5 Å². The van der Waals surface area contributed by atoms with E-state index in [2.05, 4.69) is 0 Å². The topological polar surface area (TPSA) is 20.2 Å². The van der Waals surface area contributed by atoms with Crippen LogP contribution in [0.25, 0.3) is 0 Å². The fourth-order valence-corrected chi connectivity index (χ4v) is 1.75. The van der Waals surface area contributed by atoms with E-state index in [1.165, 1.54) is 0 Å². The van der Waals surface area contributed by atoms with Crippen LogP contribution in [0.2, 0.25) is 0 Å². The van der Waals surface area contributed by atoms with E-state index in [4.69, 9.17) is 5.11 Å². The Balaban J connectivity index is 2.25. The van der Waals surface area contributed by atoms with Crippen LogP contribution in [0.5, 0.6) is 0 Å². The van der Waals surface area contributed by atoms with E-state index in [9.17, 15) is 13.2 Å². The number of hydrogen-bond acceptors (Lipinski definition) is 1. The number of halogens is 3. The van der Waals surface area contributed by atoms with Crippen molar-refractivity contribution in [1.29, 1.82) is 0 Å². The third kappa shape index (κ3) is 3.98. The van der Waals surface area contributed by atoms with Crippen LogP contribution in [0.1, 0.15) is 32.1 Å². The van der Waals surface area contributed by atoms with Crippen LogP contribution < -0.4 is 0 Å². The molecule has 0 saturated heterocycles. The van der Waals surface area contributed by atoms with Crippen LogP contribution in [0.15, 0.2) is 0 Å². The zero-order chi connectivity index (χ0) is 9.90. The van der Waals surface area contributed by atoms with Gasteiger partial charge in [0.1, 0.15) is 0 Å². The molecule has 0 aromatic rings. The van der Waals surface area contributed by atoms with E-state index in [1.54, 1.807) is 0 Å². The predicted molar refractivity (Wildman–Crippen MR) is 43.2 cm³/mol. The summed E-state index contributed by atoms with van der Waals surface area (Å²) in [4.78, 5) is 0. The Bertz CT molecular complexity index is 151. The van der Waals surface area contributed by atoms with Crippen molar-refractivity contribution in [2.45, 2.75) is 38.3 Å².